The highest BCUT2D eigenvalue weighted by Gasteiger charge is 2.23. The van der Waals surface area contributed by atoms with E-state index in [9.17, 15) is 4.79 Å². The van der Waals surface area contributed by atoms with Crippen molar-refractivity contribution in [1.29, 1.82) is 0 Å². The number of carbonyl (C=O) groups is 1. The van der Waals surface area contributed by atoms with E-state index in [1.165, 1.54) is 12.0 Å². The summed E-state index contributed by atoms with van der Waals surface area (Å²) in [4.78, 5) is 13.7. The number of benzene rings is 1. The third-order valence-electron chi connectivity index (χ3n) is 3.48. The van der Waals surface area contributed by atoms with Crippen molar-refractivity contribution in [3.05, 3.63) is 35.9 Å². The van der Waals surface area contributed by atoms with Gasteiger partial charge in [-0.2, -0.15) is 0 Å². The second-order valence-corrected chi connectivity index (χ2v) is 4.75. The third-order valence-corrected chi connectivity index (χ3v) is 3.48. The SMILES string of the molecule is CCOC(=O)CCN1CCC(c2ccccc2)C1. The first-order valence-electron chi connectivity index (χ1n) is 6.72. The van der Waals surface area contributed by atoms with Crippen LogP contribution in [0.3, 0.4) is 0 Å². The highest BCUT2D eigenvalue weighted by Crippen LogP contribution is 2.26. The first kappa shape index (κ1) is 13.1. The van der Waals surface area contributed by atoms with Crippen molar-refractivity contribution in [3.63, 3.8) is 0 Å². The van der Waals surface area contributed by atoms with Gasteiger partial charge in [-0.15, -0.1) is 0 Å². The Hall–Kier alpha value is -1.35. The van der Waals surface area contributed by atoms with Crippen LogP contribution in [0.1, 0.15) is 31.2 Å². The van der Waals surface area contributed by atoms with Crippen LogP contribution >= 0.6 is 0 Å². The molecule has 1 saturated heterocycles. The quantitative estimate of drug-likeness (QED) is 0.748. The normalized spacial score (nSPS) is 19.9. The Morgan fingerprint density at radius 1 is 1.39 bits per heavy atom. The van der Waals surface area contributed by atoms with Crippen molar-refractivity contribution in [2.75, 3.05) is 26.2 Å². The molecule has 0 amide bonds. The van der Waals surface area contributed by atoms with Crippen LogP contribution in [-0.2, 0) is 9.53 Å². The number of hydrogen-bond donors (Lipinski definition) is 0. The van der Waals surface area contributed by atoms with Crippen molar-refractivity contribution in [3.8, 4) is 0 Å². The molecule has 3 heteroatoms. The summed E-state index contributed by atoms with van der Waals surface area (Å²) in [6.45, 7) is 5.29. The fourth-order valence-corrected chi connectivity index (χ4v) is 2.52. The van der Waals surface area contributed by atoms with Crippen molar-refractivity contribution in [2.45, 2.75) is 25.7 Å². The van der Waals surface area contributed by atoms with Gasteiger partial charge >= 0.3 is 5.97 Å². The van der Waals surface area contributed by atoms with E-state index in [0.29, 0.717) is 18.9 Å². The zero-order valence-electron chi connectivity index (χ0n) is 11.0. The predicted molar refractivity (Wildman–Crippen MR) is 71.5 cm³/mol. The second kappa shape index (κ2) is 6.55. The molecule has 0 saturated carbocycles. The maximum atomic E-state index is 11.3. The van der Waals surface area contributed by atoms with E-state index < -0.39 is 0 Å². The van der Waals surface area contributed by atoms with Crippen LogP contribution in [-0.4, -0.2) is 37.1 Å². The third kappa shape index (κ3) is 3.57. The first-order chi connectivity index (χ1) is 8.79. The van der Waals surface area contributed by atoms with Gasteiger partial charge in [-0.25, -0.2) is 0 Å². The average Bonchev–Trinajstić information content (AvgIpc) is 2.87. The van der Waals surface area contributed by atoms with Crippen LogP contribution in [0.15, 0.2) is 30.3 Å². The number of carbonyl (C=O) groups excluding carboxylic acids is 1. The molecule has 2 rings (SSSR count). The van der Waals surface area contributed by atoms with E-state index >= 15 is 0 Å². The minimum atomic E-state index is -0.0827. The molecule has 0 N–H and O–H groups in total. The highest BCUT2D eigenvalue weighted by molar-refractivity contribution is 5.69. The summed E-state index contributed by atoms with van der Waals surface area (Å²) in [7, 11) is 0. The predicted octanol–water partition coefficient (Wildman–Crippen LogP) is 2.43. The molecule has 1 aromatic carbocycles. The van der Waals surface area contributed by atoms with Gasteiger partial charge in [-0.1, -0.05) is 30.3 Å². The summed E-state index contributed by atoms with van der Waals surface area (Å²) in [6, 6.07) is 10.6. The van der Waals surface area contributed by atoms with E-state index in [-0.39, 0.29) is 5.97 Å². The summed E-state index contributed by atoms with van der Waals surface area (Å²) in [5, 5.41) is 0. The summed E-state index contributed by atoms with van der Waals surface area (Å²) in [5.41, 5.74) is 1.41. The van der Waals surface area contributed by atoms with E-state index in [1.54, 1.807) is 0 Å². The molecule has 0 aliphatic carbocycles. The van der Waals surface area contributed by atoms with Crippen LogP contribution in [0.4, 0.5) is 0 Å². The van der Waals surface area contributed by atoms with Gasteiger partial charge in [-0.05, 0) is 31.4 Å². The van der Waals surface area contributed by atoms with Crippen molar-refractivity contribution >= 4 is 5.97 Å². The van der Waals surface area contributed by atoms with Gasteiger partial charge in [0.1, 0.15) is 0 Å². The highest BCUT2D eigenvalue weighted by atomic mass is 16.5. The lowest BCUT2D eigenvalue weighted by Gasteiger charge is -2.15. The van der Waals surface area contributed by atoms with E-state index in [2.05, 4.69) is 35.2 Å². The minimum absolute atomic E-state index is 0.0827. The molecule has 1 aliphatic heterocycles. The van der Waals surface area contributed by atoms with Gasteiger partial charge in [0.25, 0.3) is 0 Å². The van der Waals surface area contributed by atoms with Crippen LogP contribution in [0.5, 0.6) is 0 Å². The van der Waals surface area contributed by atoms with Crippen LogP contribution in [0.2, 0.25) is 0 Å². The van der Waals surface area contributed by atoms with Crippen molar-refractivity contribution in [2.24, 2.45) is 0 Å². The topological polar surface area (TPSA) is 29.5 Å². The smallest absolute Gasteiger partial charge is 0.307 e. The molecule has 3 nitrogen and oxygen atoms in total. The largest absolute Gasteiger partial charge is 0.466 e. The molecule has 1 aliphatic rings. The van der Waals surface area contributed by atoms with Crippen molar-refractivity contribution < 1.29 is 9.53 Å². The standard InChI is InChI=1S/C15H21NO2/c1-2-18-15(17)9-11-16-10-8-14(12-16)13-6-4-3-5-7-13/h3-7,14H,2,8-12H2,1H3. The Morgan fingerprint density at radius 2 is 2.17 bits per heavy atom. The molecule has 0 bridgehead atoms. The summed E-state index contributed by atoms with van der Waals surface area (Å²) in [6.07, 6.45) is 1.70. The van der Waals surface area contributed by atoms with Gasteiger partial charge in [0.05, 0.1) is 13.0 Å². The molecule has 0 aromatic heterocycles. The monoisotopic (exact) mass is 247 g/mol. The minimum Gasteiger partial charge on any atom is -0.466 e. The number of rotatable bonds is 5. The zero-order valence-corrected chi connectivity index (χ0v) is 11.0. The number of nitrogens with zero attached hydrogens (tertiary/aromatic N) is 1. The molecular weight excluding hydrogens is 226 g/mol. The summed E-state index contributed by atoms with van der Waals surface area (Å²) >= 11 is 0. The molecule has 0 spiro atoms. The van der Waals surface area contributed by atoms with Crippen LogP contribution < -0.4 is 0 Å². The van der Waals surface area contributed by atoms with Gasteiger partial charge in [0.2, 0.25) is 0 Å². The van der Waals surface area contributed by atoms with Gasteiger partial charge in [0, 0.05) is 13.1 Å². The average molecular weight is 247 g/mol. The lowest BCUT2D eigenvalue weighted by Crippen LogP contribution is -2.24. The molecule has 0 radical (unpaired) electrons. The number of likely N-dealkylation sites (tertiary alicyclic amines) is 1. The Labute approximate surface area is 109 Å². The number of esters is 1. The lowest BCUT2D eigenvalue weighted by atomic mass is 9.99. The summed E-state index contributed by atoms with van der Waals surface area (Å²) < 4.78 is 4.95. The van der Waals surface area contributed by atoms with E-state index in [1.807, 2.05) is 6.92 Å². The Balaban J connectivity index is 1.77. The van der Waals surface area contributed by atoms with Gasteiger partial charge < -0.3 is 9.64 Å². The molecule has 1 aromatic rings. The Kier molecular flexibility index (Phi) is 4.76. The Morgan fingerprint density at radius 3 is 2.89 bits per heavy atom. The second-order valence-electron chi connectivity index (χ2n) is 4.75. The molecule has 98 valence electrons. The van der Waals surface area contributed by atoms with E-state index in [0.717, 1.165) is 19.6 Å². The maximum Gasteiger partial charge on any atom is 0.307 e. The molecule has 1 atom stereocenters. The van der Waals surface area contributed by atoms with E-state index in [4.69, 9.17) is 4.74 Å². The molecule has 18 heavy (non-hydrogen) atoms. The van der Waals surface area contributed by atoms with Crippen molar-refractivity contribution in [1.82, 2.24) is 4.90 Å². The molecule has 1 heterocycles. The molecular formula is C15H21NO2. The summed E-state index contributed by atoms with van der Waals surface area (Å²) in [5.74, 6) is 0.536. The number of hydrogen-bond acceptors (Lipinski definition) is 3. The fourth-order valence-electron chi connectivity index (χ4n) is 2.52. The number of ether oxygens (including phenoxy) is 1. The lowest BCUT2D eigenvalue weighted by molar-refractivity contribution is -0.143. The molecule has 1 fully saturated rings. The van der Waals surface area contributed by atoms with Gasteiger partial charge in [0.15, 0.2) is 0 Å². The first-order valence-corrected chi connectivity index (χ1v) is 6.72. The van der Waals surface area contributed by atoms with Crippen LogP contribution in [0.25, 0.3) is 0 Å². The van der Waals surface area contributed by atoms with Gasteiger partial charge in [-0.3, -0.25) is 4.79 Å². The fraction of sp³-hybridized carbons (Fsp3) is 0.533. The zero-order chi connectivity index (χ0) is 12.8. The Bertz CT molecular complexity index is 377. The molecule has 1 unspecified atom stereocenters. The maximum absolute atomic E-state index is 11.3. The van der Waals surface area contributed by atoms with Crippen LogP contribution in [0, 0.1) is 0 Å².